The first-order chi connectivity index (χ1) is 12.7. The number of rotatable bonds is 19. The number of unbranched alkanes of at least 4 members (excludes halogenated alkanes) is 13. The molecule has 0 unspecified atom stereocenters. The zero-order chi connectivity index (χ0) is 19.3. The summed E-state index contributed by atoms with van der Waals surface area (Å²) in [6.07, 6.45) is 22.1. The summed E-state index contributed by atoms with van der Waals surface area (Å²) in [7, 11) is 0. The molecule has 0 aliphatic rings. The summed E-state index contributed by atoms with van der Waals surface area (Å²) in [6, 6.07) is 0. The van der Waals surface area contributed by atoms with E-state index in [1.807, 2.05) is 0 Å². The van der Waals surface area contributed by atoms with E-state index in [0.717, 1.165) is 6.42 Å². The van der Waals surface area contributed by atoms with Crippen molar-refractivity contribution >= 4 is 5.97 Å². The van der Waals surface area contributed by atoms with Gasteiger partial charge in [-0.15, -0.1) is 0 Å². The molecule has 0 aromatic rings. The van der Waals surface area contributed by atoms with Gasteiger partial charge in [0.25, 0.3) is 0 Å². The van der Waals surface area contributed by atoms with Crippen LogP contribution in [-0.4, -0.2) is 12.6 Å². The Labute approximate surface area is 162 Å². The van der Waals surface area contributed by atoms with Gasteiger partial charge in [-0.05, 0) is 12.5 Å². The molecule has 0 N–H and O–H groups in total. The topological polar surface area (TPSA) is 35.5 Å². The molecule has 0 aromatic carbocycles. The van der Waals surface area contributed by atoms with E-state index in [2.05, 4.69) is 13.5 Å². The van der Waals surface area contributed by atoms with Crippen molar-refractivity contribution in [2.24, 2.45) is 0 Å². The summed E-state index contributed by atoms with van der Waals surface area (Å²) in [4.78, 5) is 11.1. The van der Waals surface area contributed by atoms with Crippen LogP contribution in [0.2, 0.25) is 0 Å². The fourth-order valence-electron chi connectivity index (χ4n) is 2.83. The van der Waals surface area contributed by atoms with Crippen molar-refractivity contribution < 1.29 is 14.3 Å². The van der Waals surface area contributed by atoms with Crippen LogP contribution in [-0.2, 0) is 14.3 Å². The molecule has 0 heterocycles. The Morgan fingerprint density at radius 1 is 0.769 bits per heavy atom. The minimum Gasteiger partial charge on any atom is -0.490 e. The smallest absolute Gasteiger partial charge is 0.310 e. The van der Waals surface area contributed by atoms with Crippen LogP contribution in [0.15, 0.2) is 24.7 Å². The van der Waals surface area contributed by atoms with Crippen LogP contribution in [0.1, 0.15) is 110 Å². The summed E-state index contributed by atoms with van der Waals surface area (Å²) < 4.78 is 10.5. The maximum absolute atomic E-state index is 11.1. The van der Waals surface area contributed by atoms with E-state index >= 15 is 0 Å². The van der Waals surface area contributed by atoms with E-state index in [1.165, 1.54) is 89.7 Å². The van der Waals surface area contributed by atoms with Crippen LogP contribution in [0.3, 0.4) is 0 Å². The Morgan fingerprint density at radius 3 is 1.65 bits per heavy atom. The van der Waals surface area contributed by atoms with Gasteiger partial charge in [-0.3, -0.25) is 4.79 Å². The van der Waals surface area contributed by atoms with Crippen molar-refractivity contribution in [3.05, 3.63) is 24.7 Å². The van der Waals surface area contributed by atoms with Crippen molar-refractivity contribution in [2.45, 2.75) is 110 Å². The Kier molecular flexibility index (Phi) is 19.1. The molecule has 26 heavy (non-hydrogen) atoms. The molecular formula is C23H42O3. The first-order valence-corrected chi connectivity index (χ1v) is 10.9. The minimum absolute atomic E-state index is 0.260. The van der Waals surface area contributed by atoms with Crippen molar-refractivity contribution in [1.82, 2.24) is 0 Å². The monoisotopic (exact) mass is 366 g/mol. The van der Waals surface area contributed by atoms with Gasteiger partial charge < -0.3 is 9.47 Å². The quantitative estimate of drug-likeness (QED) is 0.103. The van der Waals surface area contributed by atoms with Gasteiger partial charge in [-0.25, -0.2) is 0 Å². The lowest BCUT2D eigenvalue weighted by atomic mass is 10.0. The molecule has 0 aliphatic heterocycles. The normalized spacial score (nSPS) is 11.4. The Balaban J connectivity index is 3.32. The third kappa shape index (κ3) is 17.6. The molecule has 0 spiro atoms. The fraction of sp³-hybridized carbons (Fsp3) is 0.783. The van der Waals surface area contributed by atoms with E-state index in [9.17, 15) is 4.79 Å². The lowest BCUT2D eigenvalue weighted by Gasteiger charge is -2.07. The molecule has 0 bridgehead atoms. The second kappa shape index (κ2) is 20.1. The van der Waals surface area contributed by atoms with Crippen LogP contribution in [0.5, 0.6) is 0 Å². The molecule has 0 aliphatic carbocycles. The van der Waals surface area contributed by atoms with E-state index in [4.69, 9.17) is 9.47 Å². The molecule has 0 amide bonds. The standard InChI is InChI=1S/C23H42O3/c1-4-7-8-9-10-11-12-13-14-15-16-17-18-19-20-25-22(5-2)21-26-23(24)6-3/h5,21H,2,4,6-20H2,1,3H3/b22-21-. The summed E-state index contributed by atoms with van der Waals surface area (Å²) in [6.45, 7) is 8.36. The van der Waals surface area contributed by atoms with Crippen molar-refractivity contribution in [2.75, 3.05) is 6.61 Å². The van der Waals surface area contributed by atoms with E-state index in [1.54, 1.807) is 13.0 Å². The summed E-state index contributed by atoms with van der Waals surface area (Å²) in [5.74, 6) is 0.269. The minimum atomic E-state index is -0.260. The van der Waals surface area contributed by atoms with E-state index in [0.29, 0.717) is 18.8 Å². The maximum atomic E-state index is 11.1. The molecule has 0 atom stereocenters. The molecule has 3 nitrogen and oxygen atoms in total. The zero-order valence-electron chi connectivity index (χ0n) is 17.4. The zero-order valence-corrected chi connectivity index (χ0v) is 17.4. The van der Waals surface area contributed by atoms with Crippen molar-refractivity contribution in [3.8, 4) is 0 Å². The van der Waals surface area contributed by atoms with E-state index < -0.39 is 0 Å². The van der Waals surface area contributed by atoms with Crippen LogP contribution < -0.4 is 0 Å². The molecule has 0 saturated carbocycles. The van der Waals surface area contributed by atoms with Gasteiger partial charge in [-0.1, -0.05) is 104 Å². The average molecular weight is 367 g/mol. The number of esters is 1. The number of carbonyl (C=O) groups excluding carboxylic acids is 1. The highest BCUT2D eigenvalue weighted by Gasteiger charge is 1.99. The molecule has 0 rings (SSSR count). The highest BCUT2D eigenvalue weighted by molar-refractivity contribution is 5.69. The second-order valence-electron chi connectivity index (χ2n) is 7.01. The Hall–Kier alpha value is -1.25. The number of allylic oxidation sites excluding steroid dienone is 1. The van der Waals surface area contributed by atoms with E-state index in [-0.39, 0.29) is 5.97 Å². The highest BCUT2D eigenvalue weighted by Crippen LogP contribution is 2.13. The van der Waals surface area contributed by atoms with Gasteiger partial charge in [0.1, 0.15) is 6.26 Å². The number of hydrogen-bond donors (Lipinski definition) is 0. The highest BCUT2D eigenvalue weighted by atomic mass is 16.5. The number of hydrogen-bond acceptors (Lipinski definition) is 3. The Morgan fingerprint density at radius 2 is 1.23 bits per heavy atom. The Bertz CT molecular complexity index is 360. The van der Waals surface area contributed by atoms with Gasteiger partial charge in [0.2, 0.25) is 0 Å². The lowest BCUT2D eigenvalue weighted by molar-refractivity contribution is -0.137. The maximum Gasteiger partial charge on any atom is 0.310 e. The van der Waals surface area contributed by atoms with Crippen LogP contribution in [0.4, 0.5) is 0 Å². The third-order valence-electron chi connectivity index (χ3n) is 4.56. The molecule has 0 saturated heterocycles. The lowest BCUT2D eigenvalue weighted by Crippen LogP contribution is -1.99. The molecule has 0 radical (unpaired) electrons. The molecule has 0 aromatic heterocycles. The van der Waals surface area contributed by atoms with Crippen LogP contribution >= 0.6 is 0 Å². The summed E-state index contributed by atoms with van der Waals surface area (Å²) in [5.41, 5.74) is 0. The van der Waals surface area contributed by atoms with Gasteiger partial charge >= 0.3 is 5.97 Å². The molecular weight excluding hydrogens is 324 g/mol. The van der Waals surface area contributed by atoms with Crippen molar-refractivity contribution in [1.29, 1.82) is 0 Å². The van der Waals surface area contributed by atoms with Gasteiger partial charge in [-0.2, -0.15) is 0 Å². The summed E-state index contributed by atoms with van der Waals surface area (Å²) >= 11 is 0. The molecule has 0 fully saturated rings. The third-order valence-corrected chi connectivity index (χ3v) is 4.56. The fourth-order valence-corrected chi connectivity index (χ4v) is 2.83. The summed E-state index contributed by atoms with van der Waals surface area (Å²) in [5, 5.41) is 0. The molecule has 3 heteroatoms. The van der Waals surface area contributed by atoms with Crippen molar-refractivity contribution in [3.63, 3.8) is 0 Å². The van der Waals surface area contributed by atoms with Crippen LogP contribution in [0.25, 0.3) is 0 Å². The average Bonchev–Trinajstić information content (AvgIpc) is 2.66. The number of carbonyl (C=O) groups is 1. The largest absolute Gasteiger partial charge is 0.490 e. The molecule has 152 valence electrons. The predicted octanol–water partition coefficient (Wildman–Crippen LogP) is 7.46. The first-order valence-electron chi connectivity index (χ1n) is 10.9. The number of ether oxygens (including phenoxy) is 2. The first kappa shape index (κ1) is 24.8. The van der Waals surface area contributed by atoms with Gasteiger partial charge in [0, 0.05) is 6.42 Å². The van der Waals surface area contributed by atoms with Gasteiger partial charge in [0.05, 0.1) is 6.61 Å². The SMILES string of the molecule is C=C/C(=C/OC(=O)CC)OCCCCCCCCCCCCCCCC. The van der Waals surface area contributed by atoms with Gasteiger partial charge in [0.15, 0.2) is 5.76 Å². The van der Waals surface area contributed by atoms with Crippen LogP contribution in [0, 0.1) is 0 Å². The second-order valence-corrected chi connectivity index (χ2v) is 7.01. The predicted molar refractivity (Wildman–Crippen MR) is 111 cm³/mol.